The Labute approximate surface area is 218 Å². The molecule has 0 aliphatic carbocycles. The van der Waals surface area contributed by atoms with Crippen LogP contribution in [0.2, 0.25) is 0 Å². The van der Waals surface area contributed by atoms with Gasteiger partial charge in [-0.2, -0.15) is 5.10 Å². The van der Waals surface area contributed by atoms with Gasteiger partial charge < -0.3 is 22.3 Å². The van der Waals surface area contributed by atoms with Crippen molar-refractivity contribution in [1.82, 2.24) is 15.3 Å². The zero-order valence-corrected chi connectivity index (χ0v) is 23.3. The molecule has 1 aromatic carbocycles. The number of aryl methyl sites for hydroxylation is 2. The maximum atomic E-state index is 4.58. The fourth-order valence-corrected chi connectivity index (χ4v) is 3.36. The summed E-state index contributed by atoms with van der Waals surface area (Å²) in [5.41, 5.74) is 8.90. The Morgan fingerprint density at radius 2 is 1.82 bits per heavy atom. The molecule has 6 nitrogen and oxygen atoms in total. The van der Waals surface area contributed by atoms with E-state index in [2.05, 4.69) is 106 Å². The number of aromatic nitrogens is 2. The zero-order chi connectivity index (χ0) is 22.1. The van der Waals surface area contributed by atoms with Crippen LogP contribution >= 0.6 is 17.0 Å². The van der Waals surface area contributed by atoms with E-state index in [4.69, 9.17) is 0 Å². The van der Waals surface area contributed by atoms with Crippen LogP contribution in [-0.2, 0) is 7.05 Å². The number of hydrazone groups is 1. The first-order chi connectivity index (χ1) is 15.1. The minimum absolute atomic E-state index is 0. The van der Waals surface area contributed by atoms with Gasteiger partial charge in [-0.1, -0.05) is 38.8 Å². The number of guanidine groups is 1. The molecule has 3 rings (SSSR count). The minimum atomic E-state index is 0. The highest BCUT2D eigenvalue weighted by Crippen LogP contribution is 2.20. The van der Waals surface area contributed by atoms with E-state index in [-0.39, 0.29) is 34.0 Å². The Hall–Kier alpha value is -2.19. The lowest BCUT2D eigenvalue weighted by Crippen LogP contribution is -3.00. The van der Waals surface area contributed by atoms with E-state index in [0.29, 0.717) is 0 Å². The van der Waals surface area contributed by atoms with Gasteiger partial charge in [-0.3, -0.25) is 4.99 Å². The maximum absolute atomic E-state index is 4.58. The first-order valence-electron chi connectivity index (χ1n) is 11.3. The highest BCUT2D eigenvalue weighted by molar-refractivity contribution is 8.93. The smallest absolute Gasteiger partial charge is 0.286 e. The summed E-state index contributed by atoms with van der Waals surface area (Å²) in [5.74, 6) is 0.748. The fourth-order valence-electron chi connectivity index (χ4n) is 3.36. The fraction of sp³-hybridized carbons (Fsp3) is 0.400. The van der Waals surface area contributed by atoms with Crippen molar-refractivity contribution in [3.63, 3.8) is 0 Å². The van der Waals surface area contributed by atoms with Crippen molar-refractivity contribution in [3.8, 4) is 11.3 Å². The van der Waals surface area contributed by atoms with Crippen molar-refractivity contribution in [2.45, 2.75) is 46.5 Å². The lowest BCUT2D eigenvalue weighted by molar-refractivity contribution is -0.510. The Kier molecular flexibility index (Phi) is 13.0. The normalized spacial score (nSPS) is 11.3. The van der Waals surface area contributed by atoms with Crippen LogP contribution in [0.5, 0.6) is 0 Å². The molecule has 0 atom stereocenters. The molecule has 3 aromatic rings. The quantitative estimate of drug-likeness (QED) is 0.133. The van der Waals surface area contributed by atoms with E-state index in [1.165, 1.54) is 22.5 Å². The molecule has 0 saturated carbocycles. The van der Waals surface area contributed by atoms with Crippen LogP contribution in [0.3, 0.4) is 0 Å². The molecular weight excluding hydrogens is 544 g/mol. The molecule has 180 valence electrons. The summed E-state index contributed by atoms with van der Waals surface area (Å²) >= 11 is 0. The Morgan fingerprint density at radius 1 is 1.09 bits per heavy atom. The second kappa shape index (κ2) is 14.9. The zero-order valence-electron chi connectivity index (χ0n) is 20.0. The second-order valence-electron chi connectivity index (χ2n) is 7.90. The predicted octanol–water partition coefficient (Wildman–Crippen LogP) is 1.79. The molecule has 2 heterocycles. The van der Waals surface area contributed by atoms with Crippen LogP contribution in [0, 0.1) is 6.92 Å². The summed E-state index contributed by atoms with van der Waals surface area (Å²) in [6, 6.07) is 12.8. The highest BCUT2D eigenvalue weighted by Gasteiger charge is 2.15. The van der Waals surface area contributed by atoms with Gasteiger partial charge in [-0.05, 0) is 49.1 Å². The maximum Gasteiger partial charge on any atom is 0.286 e. The van der Waals surface area contributed by atoms with Crippen LogP contribution in [0.1, 0.15) is 50.7 Å². The number of benzene rings is 1. The van der Waals surface area contributed by atoms with E-state index >= 15 is 0 Å². The van der Waals surface area contributed by atoms with Gasteiger partial charge in [0.25, 0.3) is 5.65 Å². The molecule has 0 unspecified atom stereocenters. The molecular formula is C25H36Br2N6. The standard InChI is InChI=1S/C25H35N6.2BrH/c1-5-7-14-26-25(27-15-8-6-2)29-28-18-21-9-11-22(12-10-21)23-19-31-16-13-20(3)17-24(31)30(23)4;;/h9-13,16-19H,5-8,14-15H2,1-4H3,(H2,26,27,29);2*1H/q+1;;/p-1/b28-18+;;. The van der Waals surface area contributed by atoms with Crippen LogP contribution in [0.25, 0.3) is 16.9 Å². The lowest BCUT2D eigenvalue weighted by Gasteiger charge is -2.08. The Balaban J connectivity index is 0.00000272. The summed E-state index contributed by atoms with van der Waals surface area (Å²) in [6.07, 6.45) is 10.6. The number of aliphatic imine (C=N–C) groups is 1. The van der Waals surface area contributed by atoms with E-state index in [1.54, 1.807) is 0 Å². The Morgan fingerprint density at radius 3 is 2.52 bits per heavy atom. The first-order valence-corrected chi connectivity index (χ1v) is 11.3. The second-order valence-corrected chi connectivity index (χ2v) is 7.90. The molecule has 2 N–H and O–H groups in total. The lowest BCUT2D eigenvalue weighted by atomic mass is 10.1. The van der Waals surface area contributed by atoms with Crippen molar-refractivity contribution in [1.29, 1.82) is 0 Å². The van der Waals surface area contributed by atoms with Gasteiger partial charge >= 0.3 is 0 Å². The van der Waals surface area contributed by atoms with Gasteiger partial charge in [0.1, 0.15) is 6.20 Å². The van der Waals surface area contributed by atoms with Crippen molar-refractivity contribution >= 4 is 34.8 Å². The third-order valence-electron chi connectivity index (χ3n) is 5.28. The molecule has 0 saturated heterocycles. The summed E-state index contributed by atoms with van der Waals surface area (Å²) in [4.78, 5) is 4.58. The van der Waals surface area contributed by atoms with E-state index in [1.807, 2.05) is 6.21 Å². The summed E-state index contributed by atoms with van der Waals surface area (Å²) < 4.78 is 4.38. The number of pyridine rings is 1. The van der Waals surface area contributed by atoms with Gasteiger partial charge in [0.2, 0.25) is 5.96 Å². The first kappa shape index (κ1) is 28.8. The number of nitrogens with one attached hydrogen (secondary N) is 2. The number of imidazole rings is 1. The van der Waals surface area contributed by atoms with E-state index in [9.17, 15) is 0 Å². The topological polar surface area (TPSA) is 57.8 Å². The summed E-state index contributed by atoms with van der Waals surface area (Å²) in [5, 5.41) is 7.73. The molecule has 0 amide bonds. The third-order valence-corrected chi connectivity index (χ3v) is 5.28. The van der Waals surface area contributed by atoms with Crippen molar-refractivity contribution < 1.29 is 21.4 Å². The van der Waals surface area contributed by atoms with E-state index < -0.39 is 0 Å². The van der Waals surface area contributed by atoms with Crippen LogP contribution < -0.4 is 32.1 Å². The molecule has 0 radical (unpaired) electrons. The van der Waals surface area contributed by atoms with E-state index in [0.717, 1.165) is 50.3 Å². The minimum Gasteiger partial charge on any atom is -1.00 e. The third kappa shape index (κ3) is 8.27. The number of hydrogen-bond donors (Lipinski definition) is 2. The van der Waals surface area contributed by atoms with Gasteiger partial charge in [0, 0.05) is 24.7 Å². The van der Waals surface area contributed by atoms with Gasteiger partial charge in [0.15, 0.2) is 5.69 Å². The van der Waals surface area contributed by atoms with Crippen LogP contribution in [0.4, 0.5) is 0 Å². The molecule has 8 heteroatoms. The summed E-state index contributed by atoms with van der Waals surface area (Å²) in [7, 11) is 2.11. The number of hydrogen-bond acceptors (Lipinski definition) is 2. The van der Waals surface area contributed by atoms with Crippen LogP contribution in [-0.4, -0.2) is 29.8 Å². The number of nitrogens with zero attached hydrogens (tertiary/aromatic N) is 4. The molecule has 0 fully saturated rings. The predicted molar refractivity (Wildman–Crippen MR) is 140 cm³/mol. The van der Waals surface area contributed by atoms with Gasteiger partial charge in [-0.15, -0.1) is 17.0 Å². The van der Waals surface area contributed by atoms with Crippen molar-refractivity contribution in [3.05, 3.63) is 59.9 Å². The van der Waals surface area contributed by atoms with Crippen LogP contribution in [0.15, 0.2) is 58.9 Å². The van der Waals surface area contributed by atoms with Crippen molar-refractivity contribution in [2.24, 2.45) is 17.1 Å². The summed E-state index contributed by atoms with van der Waals surface area (Å²) in [6.45, 7) is 8.19. The Bertz CT molecular complexity index is 1040. The largest absolute Gasteiger partial charge is 1.00 e. The highest BCUT2D eigenvalue weighted by atomic mass is 79.9. The average molecular weight is 580 g/mol. The molecule has 0 aliphatic rings. The number of halogens is 2. The number of unbranched alkanes of at least 4 members (excludes halogenated alkanes) is 2. The van der Waals surface area contributed by atoms with Crippen molar-refractivity contribution in [2.75, 3.05) is 13.1 Å². The molecule has 0 bridgehead atoms. The molecule has 0 aliphatic heterocycles. The van der Waals surface area contributed by atoms with Gasteiger partial charge in [-0.25, -0.2) is 14.4 Å². The average Bonchev–Trinajstić information content (AvgIpc) is 3.10. The molecule has 0 spiro atoms. The molecule has 2 aromatic heterocycles. The molecule has 33 heavy (non-hydrogen) atoms. The monoisotopic (exact) mass is 578 g/mol. The van der Waals surface area contributed by atoms with Gasteiger partial charge in [0.05, 0.1) is 19.5 Å². The SMILES string of the molecule is Br.CCCCN=C(NCCCC)N/N=C/c1ccc(-c2c[n+]3ccc(C)cc3n2C)cc1.[Br-]. The number of rotatable bonds is 9. The number of fused-ring (bicyclic) bond motifs is 1.